The molecule has 1 aliphatic rings. The van der Waals surface area contributed by atoms with Crippen LogP contribution in [0.1, 0.15) is 6.42 Å². The number of hydrogen-bond acceptors (Lipinski definition) is 5. The Balaban J connectivity index is 2.18. The van der Waals surface area contributed by atoms with Gasteiger partial charge in [-0.1, -0.05) is 0 Å². The zero-order valence-corrected chi connectivity index (χ0v) is 10.1. The second kappa shape index (κ2) is 4.52. The van der Waals surface area contributed by atoms with Crippen LogP contribution in [0, 0.1) is 5.92 Å². The van der Waals surface area contributed by atoms with Gasteiger partial charge in [0.2, 0.25) is 5.91 Å². The average molecular weight is 274 g/mol. The first-order valence-corrected chi connectivity index (χ1v) is 6.79. The molecule has 18 heavy (non-hydrogen) atoms. The highest BCUT2D eigenvalue weighted by Crippen LogP contribution is 2.30. The number of nitrogens with zero attached hydrogens (tertiary/aromatic N) is 2. The van der Waals surface area contributed by atoms with Gasteiger partial charge in [-0.25, -0.2) is 4.98 Å². The van der Waals surface area contributed by atoms with E-state index in [9.17, 15) is 22.2 Å². The van der Waals surface area contributed by atoms with Gasteiger partial charge >= 0.3 is 10.2 Å². The summed E-state index contributed by atoms with van der Waals surface area (Å²) >= 11 is 0. The van der Waals surface area contributed by atoms with Crippen LogP contribution < -0.4 is 4.90 Å². The number of pyridine rings is 1. The molecule has 2 rings (SSSR count). The first-order chi connectivity index (χ1) is 8.37. The summed E-state index contributed by atoms with van der Waals surface area (Å²) in [5.41, 5.74) is 0. The summed E-state index contributed by atoms with van der Waals surface area (Å²) in [7, 11) is -4.61. The highest BCUT2D eigenvalue weighted by molar-refractivity contribution is 7.86. The van der Waals surface area contributed by atoms with Crippen LogP contribution in [-0.4, -0.2) is 36.7 Å². The number of carbonyl (C=O) groups is 1. The van der Waals surface area contributed by atoms with Gasteiger partial charge in [-0.2, -0.15) is 8.42 Å². The second-order valence-electron chi connectivity index (χ2n) is 4.13. The summed E-state index contributed by atoms with van der Waals surface area (Å²) in [4.78, 5) is 16.7. The third-order valence-corrected chi connectivity index (χ3v) is 3.53. The molecular weight excluding hydrogens is 263 g/mol. The van der Waals surface area contributed by atoms with Gasteiger partial charge in [-0.15, -0.1) is 3.89 Å². The van der Waals surface area contributed by atoms with Gasteiger partial charge < -0.3 is 5.11 Å². The van der Waals surface area contributed by atoms with Crippen molar-refractivity contribution in [2.45, 2.75) is 6.42 Å². The highest BCUT2D eigenvalue weighted by atomic mass is 32.3. The van der Waals surface area contributed by atoms with Crippen molar-refractivity contribution in [1.82, 2.24) is 4.98 Å². The molecule has 1 fully saturated rings. The van der Waals surface area contributed by atoms with Crippen molar-refractivity contribution < 1.29 is 22.2 Å². The summed E-state index contributed by atoms with van der Waals surface area (Å²) in [6.07, 6.45) is 1.33. The first kappa shape index (κ1) is 12.7. The minimum absolute atomic E-state index is 0.0343. The smallest absolute Gasteiger partial charge is 0.302 e. The Morgan fingerprint density at radius 1 is 1.56 bits per heavy atom. The second-order valence-corrected chi connectivity index (χ2v) is 5.54. The van der Waals surface area contributed by atoms with Crippen LogP contribution in [0.15, 0.2) is 18.3 Å². The SMILES string of the molecule is O=C1CC(CS(=O)(=O)F)CN1c1ncccc1O. The molecule has 1 aromatic heterocycles. The Labute approximate surface area is 103 Å². The summed E-state index contributed by atoms with van der Waals surface area (Å²) in [5.74, 6) is -1.79. The molecule has 0 aliphatic carbocycles. The number of amides is 1. The van der Waals surface area contributed by atoms with Crippen LogP contribution in [0.4, 0.5) is 9.70 Å². The summed E-state index contributed by atoms with van der Waals surface area (Å²) in [6, 6.07) is 2.87. The van der Waals surface area contributed by atoms with Gasteiger partial charge in [0.1, 0.15) is 0 Å². The van der Waals surface area contributed by atoms with Gasteiger partial charge in [-0.05, 0) is 12.1 Å². The van der Waals surface area contributed by atoms with Crippen molar-refractivity contribution in [1.29, 1.82) is 0 Å². The third kappa shape index (κ3) is 2.76. The molecule has 1 amide bonds. The van der Waals surface area contributed by atoms with Crippen molar-refractivity contribution in [3.05, 3.63) is 18.3 Å². The van der Waals surface area contributed by atoms with E-state index in [4.69, 9.17) is 0 Å². The lowest BCUT2D eigenvalue weighted by Crippen LogP contribution is -2.26. The molecular formula is C10H11FN2O4S. The predicted molar refractivity (Wildman–Crippen MR) is 61.3 cm³/mol. The van der Waals surface area contributed by atoms with E-state index in [0.717, 1.165) is 0 Å². The molecule has 1 N–H and O–H groups in total. The van der Waals surface area contributed by atoms with Crippen LogP contribution in [-0.2, 0) is 15.0 Å². The fourth-order valence-corrected chi connectivity index (χ4v) is 2.76. The molecule has 1 atom stereocenters. The van der Waals surface area contributed by atoms with Gasteiger partial charge in [0.05, 0.1) is 5.75 Å². The van der Waals surface area contributed by atoms with Crippen molar-refractivity contribution in [3.63, 3.8) is 0 Å². The summed E-state index contributed by atoms with van der Waals surface area (Å²) < 4.78 is 33.6. The summed E-state index contributed by atoms with van der Waals surface area (Å²) in [5, 5.41) is 9.56. The van der Waals surface area contributed by atoms with Crippen LogP contribution in [0.3, 0.4) is 0 Å². The van der Waals surface area contributed by atoms with E-state index in [1.165, 1.54) is 23.2 Å². The Hall–Kier alpha value is -1.70. The number of carbonyl (C=O) groups excluding carboxylic acids is 1. The molecule has 2 heterocycles. The molecule has 1 saturated heterocycles. The lowest BCUT2D eigenvalue weighted by atomic mass is 10.1. The lowest BCUT2D eigenvalue weighted by Gasteiger charge is -2.15. The first-order valence-electron chi connectivity index (χ1n) is 5.23. The molecule has 0 radical (unpaired) electrons. The number of anilines is 1. The van der Waals surface area contributed by atoms with E-state index in [1.54, 1.807) is 0 Å². The fourth-order valence-electron chi connectivity index (χ4n) is 1.98. The zero-order chi connectivity index (χ0) is 13.3. The maximum absolute atomic E-state index is 12.6. The summed E-state index contributed by atoms with van der Waals surface area (Å²) in [6.45, 7) is 0.0343. The molecule has 6 nitrogen and oxygen atoms in total. The van der Waals surface area contributed by atoms with Crippen molar-refractivity contribution in [2.75, 3.05) is 17.2 Å². The van der Waals surface area contributed by atoms with E-state index in [0.29, 0.717) is 0 Å². The quantitative estimate of drug-likeness (QED) is 0.808. The largest absolute Gasteiger partial charge is 0.504 e. The minimum Gasteiger partial charge on any atom is -0.504 e. The molecule has 0 spiro atoms. The minimum atomic E-state index is -4.61. The van der Waals surface area contributed by atoms with E-state index in [2.05, 4.69) is 4.98 Å². The molecule has 1 unspecified atom stereocenters. The average Bonchev–Trinajstić information content (AvgIpc) is 2.57. The van der Waals surface area contributed by atoms with E-state index in [1.807, 2.05) is 0 Å². The van der Waals surface area contributed by atoms with Crippen LogP contribution >= 0.6 is 0 Å². The van der Waals surface area contributed by atoms with Crippen LogP contribution in [0.25, 0.3) is 0 Å². The van der Waals surface area contributed by atoms with Crippen molar-refractivity contribution in [2.24, 2.45) is 5.92 Å². The van der Waals surface area contributed by atoms with Crippen LogP contribution in [0.2, 0.25) is 0 Å². The molecule has 0 saturated carbocycles. The van der Waals surface area contributed by atoms with Gasteiger partial charge in [0.25, 0.3) is 0 Å². The fraction of sp³-hybridized carbons (Fsp3) is 0.400. The standard InChI is InChI=1S/C10H11FN2O4S/c11-18(16,17)6-7-4-9(15)13(5-7)10-8(14)2-1-3-12-10/h1-3,7,14H,4-6H2. The third-order valence-electron chi connectivity index (χ3n) is 2.66. The van der Waals surface area contributed by atoms with Gasteiger partial charge in [0, 0.05) is 25.1 Å². The number of hydrogen-bond donors (Lipinski definition) is 1. The Morgan fingerprint density at radius 3 is 2.89 bits per heavy atom. The number of aromatic hydroxyl groups is 1. The number of aromatic nitrogens is 1. The topological polar surface area (TPSA) is 87.6 Å². The van der Waals surface area contributed by atoms with Gasteiger partial charge in [0.15, 0.2) is 11.6 Å². The Kier molecular flexibility index (Phi) is 3.20. The monoisotopic (exact) mass is 274 g/mol. The lowest BCUT2D eigenvalue weighted by molar-refractivity contribution is -0.117. The Bertz CT molecular complexity index is 575. The maximum atomic E-state index is 12.6. The predicted octanol–water partition coefficient (Wildman–Crippen LogP) is 0.439. The van der Waals surface area contributed by atoms with E-state index >= 15 is 0 Å². The molecule has 1 aliphatic heterocycles. The molecule has 0 bridgehead atoms. The molecule has 0 aromatic carbocycles. The van der Waals surface area contributed by atoms with E-state index < -0.39 is 21.9 Å². The highest BCUT2D eigenvalue weighted by Gasteiger charge is 2.35. The molecule has 1 aromatic rings. The van der Waals surface area contributed by atoms with Crippen molar-refractivity contribution >= 4 is 21.9 Å². The van der Waals surface area contributed by atoms with Crippen molar-refractivity contribution in [3.8, 4) is 5.75 Å². The number of halogens is 1. The Morgan fingerprint density at radius 2 is 2.28 bits per heavy atom. The zero-order valence-electron chi connectivity index (χ0n) is 9.28. The normalized spacial score (nSPS) is 20.4. The molecule has 8 heteroatoms. The van der Waals surface area contributed by atoms with Gasteiger partial charge in [-0.3, -0.25) is 9.69 Å². The number of rotatable bonds is 3. The van der Waals surface area contributed by atoms with E-state index in [-0.39, 0.29) is 30.4 Å². The van der Waals surface area contributed by atoms with Crippen LogP contribution in [0.5, 0.6) is 5.75 Å². The molecule has 98 valence electrons. The maximum Gasteiger partial charge on any atom is 0.302 e.